The van der Waals surface area contributed by atoms with Crippen molar-refractivity contribution in [2.75, 3.05) is 32.1 Å². The van der Waals surface area contributed by atoms with E-state index in [0.29, 0.717) is 36.4 Å². The van der Waals surface area contributed by atoms with E-state index in [0.717, 1.165) is 12.0 Å². The minimum Gasteiger partial charge on any atom is -0.383 e. The molecule has 0 saturated heterocycles. The summed E-state index contributed by atoms with van der Waals surface area (Å²) in [5.74, 6) is 0.184. The van der Waals surface area contributed by atoms with Crippen LogP contribution >= 0.6 is 11.6 Å². The largest absolute Gasteiger partial charge is 0.383 e. The predicted octanol–water partition coefficient (Wildman–Crippen LogP) is 2.16. The van der Waals surface area contributed by atoms with E-state index in [-0.39, 0.29) is 5.91 Å². The maximum Gasteiger partial charge on any atom is 0.270 e. The summed E-state index contributed by atoms with van der Waals surface area (Å²) in [5, 5.41) is 6.53. The first-order valence-corrected chi connectivity index (χ1v) is 7.65. The Hall–Kier alpha value is -2.18. The highest BCUT2D eigenvalue weighted by atomic mass is 35.5. The van der Waals surface area contributed by atoms with Gasteiger partial charge < -0.3 is 15.4 Å². The number of halogens is 1. The van der Waals surface area contributed by atoms with Gasteiger partial charge in [0.15, 0.2) is 0 Å². The fourth-order valence-corrected chi connectivity index (χ4v) is 2.02. The molecule has 0 aliphatic rings. The molecule has 0 bridgehead atoms. The van der Waals surface area contributed by atoms with Gasteiger partial charge in [-0.1, -0.05) is 23.7 Å². The summed E-state index contributed by atoms with van der Waals surface area (Å²) in [6.45, 7) is 1.65. The third kappa shape index (κ3) is 5.84. The van der Waals surface area contributed by atoms with Crippen molar-refractivity contribution in [3.05, 3.63) is 52.8 Å². The molecule has 2 rings (SSSR count). The molecule has 0 aliphatic carbocycles. The van der Waals surface area contributed by atoms with Crippen LogP contribution in [0.15, 0.2) is 36.5 Å². The van der Waals surface area contributed by atoms with Crippen molar-refractivity contribution < 1.29 is 9.53 Å². The molecule has 7 heteroatoms. The van der Waals surface area contributed by atoms with Gasteiger partial charge in [-0.05, 0) is 30.2 Å². The average Bonchev–Trinajstić information content (AvgIpc) is 2.57. The monoisotopic (exact) mass is 334 g/mol. The first-order chi connectivity index (χ1) is 11.2. The van der Waals surface area contributed by atoms with E-state index >= 15 is 0 Å². The summed E-state index contributed by atoms with van der Waals surface area (Å²) in [4.78, 5) is 20.3. The fraction of sp³-hybridized carbons (Fsp3) is 0.312. The second-order valence-electron chi connectivity index (χ2n) is 4.82. The highest BCUT2D eigenvalue weighted by Gasteiger charge is 2.08. The van der Waals surface area contributed by atoms with Crippen LogP contribution in [0.25, 0.3) is 0 Å². The minimum absolute atomic E-state index is 0.226. The molecule has 23 heavy (non-hydrogen) atoms. The van der Waals surface area contributed by atoms with E-state index in [4.69, 9.17) is 16.3 Å². The van der Waals surface area contributed by atoms with Gasteiger partial charge in [0, 0.05) is 31.4 Å². The number of hydrogen-bond acceptors (Lipinski definition) is 5. The van der Waals surface area contributed by atoms with E-state index in [1.54, 1.807) is 19.4 Å². The maximum atomic E-state index is 12.1. The van der Waals surface area contributed by atoms with Crippen molar-refractivity contribution in [3.63, 3.8) is 0 Å². The van der Waals surface area contributed by atoms with E-state index in [2.05, 4.69) is 20.6 Å². The van der Waals surface area contributed by atoms with E-state index in [1.165, 1.54) is 0 Å². The molecule has 0 radical (unpaired) electrons. The van der Waals surface area contributed by atoms with Crippen LogP contribution in [-0.2, 0) is 11.2 Å². The Morgan fingerprint density at radius 1 is 1.22 bits per heavy atom. The molecule has 1 aromatic heterocycles. The minimum atomic E-state index is -0.226. The zero-order valence-electron chi connectivity index (χ0n) is 12.9. The zero-order chi connectivity index (χ0) is 16.5. The van der Waals surface area contributed by atoms with E-state index < -0.39 is 0 Å². The molecule has 122 valence electrons. The molecule has 6 nitrogen and oxygen atoms in total. The number of benzene rings is 1. The molecule has 2 N–H and O–H groups in total. The number of amides is 1. The van der Waals surface area contributed by atoms with Crippen molar-refractivity contribution in [2.45, 2.75) is 6.42 Å². The number of anilines is 1. The molecular weight excluding hydrogens is 316 g/mol. The number of ether oxygens (including phenoxy) is 1. The third-order valence-electron chi connectivity index (χ3n) is 3.09. The van der Waals surface area contributed by atoms with Gasteiger partial charge in [0.05, 0.1) is 6.61 Å². The topological polar surface area (TPSA) is 76.1 Å². The lowest BCUT2D eigenvalue weighted by molar-refractivity contribution is 0.0949. The van der Waals surface area contributed by atoms with Crippen LogP contribution in [0.5, 0.6) is 0 Å². The smallest absolute Gasteiger partial charge is 0.270 e. The Morgan fingerprint density at radius 2 is 2.00 bits per heavy atom. The second-order valence-corrected chi connectivity index (χ2v) is 5.25. The summed E-state index contributed by atoms with van der Waals surface area (Å²) < 4.78 is 4.94. The molecule has 1 aromatic carbocycles. The van der Waals surface area contributed by atoms with E-state index in [9.17, 15) is 4.79 Å². The van der Waals surface area contributed by atoms with Gasteiger partial charge in [-0.15, -0.1) is 0 Å². The van der Waals surface area contributed by atoms with Gasteiger partial charge in [0.1, 0.15) is 5.69 Å². The van der Waals surface area contributed by atoms with Crippen LogP contribution in [0.2, 0.25) is 5.02 Å². The average molecular weight is 335 g/mol. The maximum absolute atomic E-state index is 12.1. The van der Waals surface area contributed by atoms with Crippen molar-refractivity contribution in [1.29, 1.82) is 0 Å². The number of nitrogens with one attached hydrogen (secondary N) is 2. The lowest BCUT2D eigenvalue weighted by Crippen LogP contribution is -2.27. The van der Waals surface area contributed by atoms with Gasteiger partial charge >= 0.3 is 0 Å². The number of methoxy groups -OCH3 is 1. The third-order valence-corrected chi connectivity index (χ3v) is 3.34. The second kappa shape index (κ2) is 9.07. The summed E-state index contributed by atoms with van der Waals surface area (Å²) in [6, 6.07) is 9.13. The Bertz CT molecular complexity index is 634. The Labute approximate surface area is 140 Å². The van der Waals surface area contributed by atoms with Gasteiger partial charge in [-0.3, -0.25) is 4.79 Å². The number of aromatic nitrogens is 2. The molecule has 0 unspecified atom stereocenters. The molecule has 0 aliphatic heterocycles. The lowest BCUT2D eigenvalue weighted by atomic mass is 10.1. The zero-order valence-corrected chi connectivity index (χ0v) is 13.6. The van der Waals surface area contributed by atoms with Crippen molar-refractivity contribution in [3.8, 4) is 0 Å². The van der Waals surface area contributed by atoms with Gasteiger partial charge in [-0.2, -0.15) is 0 Å². The first kappa shape index (κ1) is 17.2. The van der Waals surface area contributed by atoms with Crippen molar-refractivity contribution in [1.82, 2.24) is 15.3 Å². The highest BCUT2D eigenvalue weighted by molar-refractivity contribution is 6.30. The SMILES string of the molecule is COCCNc1nccc(C(=O)NCCc2ccc(Cl)cc2)n1. The van der Waals surface area contributed by atoms with Gasteiger partial charge in [0.2, 0.25) is 5.95 Å². The molecule has 1 amide bonds. The van der Waals surface area contributed by atoms with Crippen molar-refractivity contribution in [2.24, 2.45) is 0 Å². The molecule has 0 fully saturated rings. The van der Waals surface area contributed by atoms with Crippen molar-refractivity contribution >= 4 is 23.5 Å². The Kier molecular flexibility index (Phi) is 6.77. The summed E-state index contributed by atoms with van der Waals surface area (Å²) in [6.07, 6.45) is 2.28. The molecule has 1 heterocycles. The summed E-state index contributed by atoms with van der Waals surface area (Å²) in [7, 11) is 1.62. The van der Waals surface area contributed by atoms with Gasteiger partial charge in [-0.25, -0.2) is 9.97 Å². The summed E-state index contributed by atoms with van der Waals surface area (Å²) >= 11 is 5.84. The Morgan fingerprint density at radius 3 is 2.74 bits per heavy atom. The molecule has 2 aromatic rings. The van der Waals surface area contributed by atoms with Gasteiger partial charge in [0.25, 0.3) is 5.91 Å². The molecule has 0 atom stereocenters. The van der Waals surface area contributed by atoms with Crippen LogP contribution in [0.1, 0.15) is 16.1 Å². The first-order valence-electron chi connectivity index (χ1n) is 7.27. The predicted molar refractivity (Wildman–Crippen MR) is 89.9 cm³/mol. The van der Waals surface area contributed by atoms with Crippen LogP contribution in [-0.4, -0.2) is 42.7 Å². The van der Waals surface area contributed by atoms with E-state index in [1.807, 2.05) is 24.3 Å². The number of carbonyl (C=O) groups excluding carboxylic acids is 1. The van der Waals surface area contributed by atoms with Crippen LogP contribution in [0.3, 0.4) is 0 Å². The standard InChI is InChI=1S/C16H19ClN4O2/c1-23-11-10-20-16-19-9-7-14(21-16)15(22)18-8-6-12-2-4-13(17)5-3-12/h2-5,7,9H,6,8,10-11H2,1H3,(H,18,22)(H,19,20,21). The number of rotatable bonds is 8. The van der Waals surface area contributed by atoms with Crippen LogP contribution in [0.4, 0.5) is 5.95 Å². The molecular formula is C16H19ClN4O2. The fourth-order valence-electron chi connectivity index (χ4n) is 1.90. The van der Waals surface area contributed by atoms with Crippen LogP contribution in [0, 0.1) is 0 Å². The normalized spacial score (nSPS) is 10.3. The number of nitrogens with zero attached hydrogens (tertiary/aromatic N) is 2. The quantitative estimate of drug-likeness (QED) is 0.723. The number of hydrogen-bond donors (Lipinski definition) is 2. The lowest BCUT2D eigenvalue weighted by Gasteiger charge is -2.07. The summed E-state index contributed by atoms with van der Waals surface area (Å²) in [5.41, 5.74) is 1.44. The van der Waals surface area contributed by atoms with Crippen LogP contribution < -0.4 is 10.6 Å². The highest BCUT2D eigenvalue weighted by Crippen LogP contribution is 2.09. The Balaban J connectivity index is 1.82. The molecule has 0 saturated carbocycles. The molecule has 0 spiro atoms. The number of carbonyl (C=O) groups is 1.